The van der Waals surface area contributed by atoms with Gasteiger partial charge in [-0.3, -0.25) is 4.90 Å². The SMILES string of the molecule is Cc1cccc(N2CCC(NC3CCN(Cc4ccco4)CC3)CC2)c1C. The van der Waals surface area contributed by atoms with Gasteiger partial charge in [0.25, 0.3) is 0 Å². The lowest BCUT2D eigenvalue weighted by Gasteiger charge is -2.39. The van der Waals surface area contributed by atoms with Crippen LogP contribution in [-0.2, 0) is 6.54 Å². The van der Waals surface area contributed by atoms with Gasteiger partial charge in [0.05, 0.1) is 12.8 Å². The van der Waals surface area contributed by atoms with Crippen LogP contribution in [0.1, 0.15) is 42.6 Å². The largest absolute Gasteiger partial charge is 0.468 e. The van der Waals surface area contributed by atoms with E-state index in [4.69, 9.17) is 4.42 Å². The fraction of sp³-hybridized carbons (Fsp3) is 0.565. The third-order valence-electron chi connectivity index (χ3n) is 6.43. The minimum atomic E-state index is 0.674. The molecule has 3 heterocycles. The van der Waals surface area contributed by atoms with Crippen molar-refractivity contribution in [2.45, 2.75) is 58.2 Å². The second-order valence-corrected chi connectivity index (χ2v) is 8.28. The van der Waals surface area contributed by atoms with E-state index in [-0.39, 0.29) is 0 Å². The molecule has 0 spiro atoms. The van der Waals surface area contributed by atoms with Crippen LogP contribution in [0.25, 0.3) is 0 Å². The van der Waals surface area contributed by atoms with Crippen LogP contribution >= 0.6 is 0 Å². The van der Waals surface area contributed by atoms with Crippen LogP contribution in [0.15, 0.2) is 41.0 Å². The molecule has 0 amide bonds. The first-order valence-electron chi connectivity index (χ1n) is 10.5. The number of benzene rings is 1. The summed E-state index contributed by atoms with van der Waals surface area (Å²) in [6.45, 7) is 10.1. The van der Waals surface area contributed by atoms with E-state index in [2.05, 4.69) is 53.2 Å². The molecule has 2 saturated heterocycles. The van der Waals surface area contributed by atoms with Crippen molar-refractivity contribution in [3.63, 3.8) is 0 Å². The standard InChI is InChI=1S/C23H33N3O/c1-18-5-3-7-23(19(18)2)26-14-10-21(11-15-26)24-20-8-12-25(13-9-20)17-22-6-4-16-27-22/h3-7,16,20-21,24H,8-15,17H2,1-2H3. The number of rotatable bonds is 5. The Morgan fingerprint density at radius 1 is 0.926 bits per heavy atom. The Bertz CT molecular complexity index is 711. The minimum Gasteiger partial charge on any atom is -0.468 e. The average molecular weight is 368 g/mol. The summed E-state index contributed by atoms with van der Waals surface area (Å²) in [5.74, 6) is 1.08. The van der Waals surface area contributed by atoms with Crippen LogP contribution in [0.2, 0.25) is 0 Å². The first-order chi connectivity index (χ1) is 13.2. The lowest BCUT2D eigenvalue weighted by molar-refractivity contribution is 0.170. The predicted octanol–water partition coefficient (Wildman–Crippen LogP) is 4.12. The smallest absolute Gasteiger partial charge is 0.117 e. The van der Waals surface area contributed by atoms with E-state index in [1.165, 1.54) is 68.7 Å². The number of nitrogens with one attached hydrogen (secondary N) is 1. The molecule has 1 N–H and O–H groups in total. The van der Waals surface area contributed by atoms with Crippen molar-refractivity contribution >= 4 is 5.69 Å². The van der Waals surface area contributed by atoms with E-state index >= 15 is 0 Å². The van der Waals surface area contributed by atoms with Crippen molar-refractivity contribution in [3.8, 4) is 0 Å². The van der Waals surface area contributed by atoms with E-state index in [9.17, 15) is 0 Å². The van der Waals surface area contributed by atoms with Gasteiger partial charge in [-0.1, -0.05) is 12.1 Å². The summed E-state index contributed by atoms with van der Waals surface area (Å²) in [4.78, 5) is 5.09. The molecule has 0 aliphatic carbocycles. The van der Waals surface area contributed by atoms with E-state index in [1.807, 2.05) is 6.07 Å². The molecule has 146 valence electrons. The van der Waals surface area contributed by atoms with Gasteiger partial charge in [0.15, 0.2) is 0 Å². The molecule has 2 aliphatic rings. The van der Waals surface area contributed by atoms with Crippen molar-refractivity contribution < 1.29 is 4.42 Å². The zero-order valence-electron chi connectivity index (χ0n) is 16.8. The highest BCUT2D eigenvalue weighted by atomic mass is 16.3. The molecule has 2 fully saturated rings. The summed E-state index contributed by atoms with van der Waals surface area (Å²) >= 11 is 0. The van der Waals surface area contributed by atoms with E-state index in [0.29, 0.717) is 12.1 Å². The molecule has 2 aromatic rings. The molecule has 4 nitrogen and oxygen atoms in total. The van der Waals surface area contributed by atoms with Crippen LogP contribution in [0.3, 0.4) is 0 Å². The van der Waals surface area contributed by atoms with Gasteiger partial charge in [-0.2, -0.15) is 0 Å². The number of hydrogen-bond donors (Lipinski definition) is 1. The number of piperidine rings is 2. The summed E-state index contributed by atoms with van der Waals surface area (Å²) in [7, 11) is 0. The maximum atomic E-state index is 5.48. The second kappa shape index (κ2) is 8.49. The fourth-order valence-corrected chi connectivity index (χ4v) is 4.58. The third kappa shape index (κ3) is 4.56. The van der Waals surface area contributed by atoms with Crippen LogP contribution < -0.4 is 10.2 Å². The number of nitrogens with zero attached hydrogens (tertiary/aromatic N) is 2. The van der Waals surface area contributed by atoms with Gasteiger partial charge in [-0.25, -0.2) is 0 Å². The molecule has 0 radical (unpaired) electrons. The van der Waals surface area contributed by atoms with E-state index in [1.54, 1.807) is 6.26 Å². The van der Waals surface area contributed by atoms with Crippen LogP contribution in [0.4, 0.5) is 5.69 Å². The summed E-state index contributed by atoms with van der Waals surface area (Å²) in [5, 5.41) is 3.96. The monoisotopic (exact) mass is 367 g/mol. The van der Waals surface area contributed by atoms with Gasteiger partial charge in [0.1, 0.15) is 5.76 Å². The number of furan rings is 1. The van der Waals surface area contributed by atoms with Crippen molar-refractivity contribution in [2.75, 3.05) is 31.1 Å². The molecular formula is C23H33N3O. The van der Waals surface area contributed by atoms with Gasteiger partial charge in [0, 0.05) is 44.0 Å². The molecule has 0 saturated carbocycles. The quantitative estimate of drug-likeness (QED) is 0.861. The summed E-state index contributed by atoms with van der Waals surface area (Å²) < 4.78 is 5.48. The Kier molecular flexibility index (Phi) is 5.84. The number of likely N-dealkylation sites (tertiary alicyclic amines) is 1. The Morgan fingerprint density at radius 2 is 1.63 bits per heavy atom. The molecule has 1 aromatic carbocycles. The van der Waals surface area contributed by atoms with Crippen molar-refractivity contribution in [3.05, 3.63) is 53.5 Å². The van der Waals surface area contributed by atoms with Gasteiger partial charge >= 0.3 is 0 Å². The Hall–Kier alpha value is -1.78. The van der Waals surface area contributed by atoms with Crippen LogP contribution in [0, 0.1) is 13.8 Å². The maximum Gasteiger partial charge on any atom is 0.117 e. The summed E-state index contributed by atoms with van der Waals surface area (Å²) in [6.07, 6.45) is 6.77. The molecule has 2 aliphatic heterocycles. The topological polar surface area (TPSA) is 31.6 Å². The van der Waals surface area contributed by atoms with Crippen molar-refractivity contribution in [1.29, 1.82) is 0 Å². The molecule has 4 rings (SSSR count). The number of anilines is 1. The third-order valence-corrected chi connectivity index (χ3v) is 6.43. The molecule has 0 atom stereocenters. The Labute approximate surface area is 163 Å². The molecule has 4 heteroatoms. The Balaban J connectivity index is 1.21. The normalized spacial score (nSPS) is 20.3. The lowest BCUT2D eigenvalue weighted by Crippen LogP contribution is -2.49. The first kappa shape index (κ1) is 18.6. The average Bonchev–Trinajstić information content (AvgIpc) is 3.19. The zero-order chi connectivity index (χ0) is 18.6. The van der Waals surface area contributed by atoms with Crippen molar-refractivity contribution in [1.82, 2.24) is 10.2 Å². The maximum absolute atomic E-state index is 5.48. The van der Waals surface area contributed by atoms with Gasteiger partial charge in [0.2, 0.25) is 0 Å². The molecule has 27 heavy (non-hydrogen) atoms. The zero-order valence-corrected chi connectivity index (χ0v) is 16.8. The molecule has 1 aromatic heterocycles. The summed E-state index contributed by atoms with van der Waals surface area (Å²) in [5.41, 5.74) is 4.27. The highest BCUT2D eigenvalue weighted by Gasteiger charge is 2.25. The van der Waals surface area contributed by atoms with E-state index in [0.717, 1.165) is 12.3 Å². The van der Waals surface area contributed by atoms with Crippen LogP contribution in [-0.4, -0.2) is 43.2 Å². The highest BCUT2D eigenvalue weighted by Crippen LogP contribution is 2.26. The van der Waals surface area contributed by atoms with Gasteiger partial charge in [-0.15, -0.1) is 0 Å². The number of hydrogen-bond acceptors (Lipinski definition) is 4. The summed E-state index contributed by atoms with van der Waals surface area (Å²) in [6, 6.07) is 12.1. The molecule has 0 unspecified atom stereocenters. The predicted molar refractivity (Wildman–Crippen MR) is 111 cm³/mol. The Morgan fingerprint density at radius 3 is 2.30 bits per heavy atom. The van der Waals surface area contributed by atoms with Gasteiger partial charge in [-0.05, 0) is 68.9 Å². The molecule has 0 bridgehead atoms. The highest BCUT2D eigenvalue weighted by molar-refractivity contribution is 5.56. The fourth-order valence-electron chi connectivity index (χ4n) is 4.58. The molecular weight excluding hydrogens is 334 g/mol. The van der Waals surface area contributed by atoms with Gasteiger partial charge < -0.3 is 14.6 Å². The first-order valence-corrected chi connectivity index (χ1v) is 10.5. The lowest BCUT2D eigenvalue weighted by atomic mass is 9.98. The second-order valence-electron chi connectivity index (χ2n) is 8.28. The van der Waals surface area contributed by atoms with Crippen LogP contribution in [0.5, 0.6) is 0 Å². The van der Waals surface area contributed by atoms with Crippen molar-refractivity contribution in [2.24, 2.45) is 0 Å². The minimum absolute atomic E-state index is 0.674. The van der Waals surface area contributed by atoms with E-state index < -0.39 is 0 Å². The number of aryl methyl sites for hydroxylation is 1.